The molecule has 0 spiro atoms. The van der Waals surface area contributed by atoms with Crippen molar-refractivity contribution in [2.24, 2.45) is 5.92 Å². The van der Waals surface area contributed by atoms with Crippen LogP contribution in [0.25, 0.3) is 10.9 Å². The van der Waals surface area contributed by atoms with Gasteiger partial charge in [0.05, 0.1) is 5.75 Å². The molecule has 146 valence electrons. The normalized spacial score (nSPS) is 17.0. The van der Waals surface area contributed by atoms with Gasteiger partial charge in [-0.1, -0.05) is 36.9 Å². The molecule has 0 radical (unpaired) electrons. The number of benzene rings is 1. The van der Waals surface area contributed by atoms with Crippen molar-refractivity contribution in [1.29, 1.82) is 0 Å². The van der Waals surface area contributed by atoms with Gasteiger partial charge in [-0.3, -0.25) is 9.78 Å². The fourth-order valence-electron chi connectivity index (χ4n) is 3.32. The fourth-order valence-corrected chi connectivity index (χ4v) is 4.00. The second-order valence-electron chi connectivity index (χ2n) is 6.96. The van der Waals surface area contributed by atoms with Crippen molar-refractivity contribution in [3.63, 3.8) is 0 Å². The zero-order valence-electron chi connectivity index (χ0n) is 15.7. The molecule has 4 rings (SSSR count). The van der Waals surface area contributed by atoms with Crippen molar-refractivity contribution in [3.05, 3.63) is 42.4 Å². The first kappa shape index (κ1) is 18.7. The zero-order valence-corrected chi connectivity index (χ0v) is 16.5. The first-order valence-electron chi connectivity index (χ1n) is 9.38. The Morgan fingerprint density at radius 1 is 1.32 bits per heavy atom. The Kier molecular flexibility index (Phi) is 5.76. The molecule has 2 aromatic heterocycles. The fraction of sp³-hybridized carbons (Fsp3) is 0.400. The third-order valence-electron chi connectivity index (χ3n) is 4.72. The number of rotatable bonds is 6. The number of hydrogen-bond acceptors (Lipinski definition) is 7. The monoisotopic (exact) mass is 398 g/mol. The molecule has 28 heavy (non-hydrogen) atoms. The summed E-state index contributed by atoms with van der Waals surface area (Å²) in [5, 5.41) is 9.40. The van der Waals surface area contributed by atoms with Crippen LogP contribution in [0.15, 0.2) is 46.2 Å². The van der Waals surface area contributed by atoms with Crippen LogP contribution in [-0.4, -0.2) is 44.8 Å². The Balaban J connectivity index is 1.31. The average molecular weight is 398 g/mol. The van der Waals surface area contributed by atoms with E-state index in [1.54, 1.807) is 6.20 Å². The number of fused-ring (bicyclic) bond motifs is 1. The third-order valence-corrected chi connectivity index (χ3v) is 5.53. The number of carbonyl (C=O) groups excluding carboxylic acids is 1. The SMILES string of the molecule is C[C@@H]1CCCN(C(=O)CSc2nnc(COc3cccc4cccnc34)o2)C1. The first-order chi connectivity index (χ1) is 13.7. The van der Waals surface area contributed by atoms with E-state index in [0.717, 1.165) is 30.4 Å². The molecule has 1 aromatic carbocycles. The van der Waals surface area contributed by atoms with E-state index in [9.17, 15) is 4.79 Å². The van der Waals surface area contributed by atoms with Crippen LogP contribution in [0.1, 0.15) is 25.7 Å². The van der Waals surface area contributed by atoms with Gasteiger partial charge in [0.1, 0.15) is 11.3 Å². The molecule has 1 atom stereocenters. The van der Waals surface area contributed by atoms with E-state index in [-0.39, 0.29) is 12.5 Å². The number of piperidine rings is 1. The summed E-state index contributed by atoms with van der Waals surface area (Å²) >= 11 is 1.27. The Bertz CT molecular complexity index is 956. The van der Waals surface area contributed by atoms with E-state index in [2.05, 4.69) is 22.1 Å². The zero-order chi connectivity index (χ0) is 19.3. The van der Waals surface area contributed by atoms with Gasteiger partial charge in [-0.05, 0) is 30.9 Å². The van der Waals surface area contributed by atoms with E-state index in [0.29, 0.717) is 28.5 Å². The number of likely N-dealkylation sites (tertiary alicyclic amines) is 1. The molecule has 1 aliphatic heterocycles. The first-order valence-corrected chi connectivity index (χ1v) is 10.4. The summed E-state index contributed by atoms with van der Waals surface area (Å²) in [5.74, 6) is 2.03. The summed E-state index contributed by atoms with van der Waals surface area (Å²) in [7, 11) is 0. The largest absolute Gasteiger partial charge is 0.482 e. The lowest BCUT2D eigenvalue weighted by molar-refractivity contribution is -0.130. The summed E-state index contributed by atoms with van der Waals surface area (Å²) in [6.07, 6.45) is 4.00. The van der Waals surface area contributed by atoms with Crippen LogP contribution in [0.2, 0.25) is 0 Å². The molecule has 0 saturated carbocycles. The van der Waals surface area contributed by atoms with Crippen molar-refractivity contribution in [3.8, 4) is 5.75 Å². The topological polar surface area (TPSA) is 81.4 Å². The third kappa shape index (κ3) is 4.44. The molecule has 7 nitrogen and oxygen atoms in total. The number of amides is 1. The van der Waals surface area contributed by atoms with Crippen molar-refractivity contribution in [1.82, 2.24) is 20.1 Å². The molecule has 0 N–H and O–H groups in total. The predicted octanol–water partition coefficient (Wildman–Crippen LogP) is 3.55. The van der Waals surface area contributed by atoms with Gasteiger partial charge in [0.2, 0.25) is 5.91 Å². The second kappa shape index (κ2) is 8.60. The van der Waals surface area contributed by atoms with E-state index in [4.69, 9.17) is 9.15 Å². The highest BCUT2D eigenvalue weighted by Crippen LogP contribution is 2.24. The highest BCUT2D eigenvalue weighted by Gasteiger charge is 2.21. The molecule has 1 saturated heterocycles. The van der Waals surface area contributed by atoms with Gasteiger partial charge >= 0.3 is 0 Å². The summed E-state index contributed by atoms with van der Waals surface area (Å²) in [5.41, 5.74) is 0.792. The molecular weight excluding hydrogens is 376 g/mol. The molecular formula is C20H22N4O3S. The van der Waals surface area contributed by atoms with E-state index in [1.165, 1.54) is 18.2 Å². The number of thioether (sulfide) groups is 1. The minimum atomic E-state index is 0.120. The molecule has 3 heterocycles. The summed E-state index contributed by atoms with van der Waals surface area (Å²) in [6, 6.07) is 9.63. The molecule has 0 aliphatic carbocycles. The number of ether oxygens (including phenoxy) is 1. The van der Waals surface area contributed by atoms with Gasteiger partial charge in [-0.2, -0.15) is 0 Å². The maximum absolute atomic E-state index is 12.3. The molecule has 1 amide bonds. The highest BCUT2D eigenvalue weighted by molar-refractivity contribution is 7.99. The van der Waals surface area contributed by atoms with Crippen LogP contribution in [-0.2, 0) is 11.4 Å². The smallest absolute Gasteiger partial charge is 0.277 e. The lowest BCUT2D eigenvalue weighted by Gasteiger charge is -2.30. The second-order valence-corrected chi connectivity index (χ2v) is 7.88. The number of pyridine rings is 1. The molecule has 1 aliphatic rings. The number of carbonyl (C=O) groups is 1. The predicted molar refractivity (Wildman–Crippen MR) is 106 cm³/mol. The van der Waals surface area contributed by atoms with Gasteiger partial charge in [0, 0.05) is 24.7 Å². The van der Waals surface area contributed by atoms with Crippen LogP contribution in [0, 0.1) is 5.92 Å². The standard InChI is InChI=1S/C20H22N4O3S/c1-14-5-4-10-24(11-14)18(25)13-28-20-23-22-17(27-20)12-26-16-8-2-6-15-7-3-9-21-19(15)16/h2-3,6-9,14H,4-5,10-13H2,1H3/t14-/m1/s1. The lowest BCUT2D eigenvalue weighted by atomic mass is 10.0. The molecule has 3 aromatic rings. The number of para-hydroxylation sites is 1. The summed E-state index contributed by atoms with van der Waals surface area (Å²) in [6.45, 7) is 4.01. The maximum Gasteiger partial charge on any atom is 0.277 e. The van der Waals surface area contributed by atoms with E-state index >= 15 is 0 Å². The van der Waals surface area contributed by atoms with Crippen LogP contribution < -0.4 is 4.74 Å². The molecule has 0 unspecified atom stereocenters. The molecule has 8 heteroatoms. The van der Waals surface area contributed by atoms with Crippen LogP contribution in [0.5, 0.6) is 5.75 Å². The van der Waals surface area contributed by atoms with Crippen molar-refractivity contribution in [2.75, 3.05) is 18.8 Å². The van der Waals surface area contributed by atoms with Crippen molar-refractivity contribution in [2.45, 2.75) is 31.6 Å². The van der Waals surface area contributed by atoms with Gasteiger partial charge in [-0.15, -0.1) is 10.2 Å². The van der Waals surface area contributed by atoms with Gasteiger partial charge in [-0.25, -0.2) is 0 Å². The number of aromatic nitrogens is 3. The van der Waals surface area contributed by atoms with Gasteiger partial charge in [0.25, 0.3) is 11.1 Å². The number of nitrogens with zero attached hydrogens (tertiary/aromatic N) is 4. The molecule has 0 bridgehead atoms. The average Bonchev–Trinajstić information content (AvgIpc) is 3.18. The van der Waals surface area contributed by atoms with Gasteiger partial charge < -0.3 is 14.1 Å². The minimum absolute atomic E-state index is 0.120. The molecule has 1 fully saturated rings. The van der Waals surface area contributed by atoms with Crippen molar-refractivity contribution < 1.29 is 13.9 Å². The van der Waals surface area contributed by atoms with Crippen LogP contribution in [0.4, 0.5) is 0 Å². The Morgan fingerprint density at radius 3 is 3.11 bits per heavy atom. The van der Waals surface area contributed by atoms with E-state index in [1.807, 2.05) is 35.2 Å². The number of hydrogen-bond donors (Lipinski definition) is 0. The highest BCUT2D eigenvalue weighted by atomic mass is 32.2. The maximum atomic E-state index is 12.3. The lowest BCUT2D eigenvalue weighted by Crippen LogP contribution is -2.40. The Hall–Kier alpha value is -2.61. The van der Waals surface area contributed by atoms with Crippen LogP contribution in [0.3, 0.4) is 0 Å². The van der Waals surface area contributed by atoms with Gasteiger partial charge in [0.15, 0.2) is 6.61 Å². The summed E-state index contributed by atoms with van der Waals surface area (Å²) in [4.78, 5) is 18.6. The van der Waals surface area contributed by atoms with Crippen molar-refractivity contribution >= 4 is 28.6 Å². The Morgan fingerprint density at radius 2 is 2.21 bits per heavy atom. The Labute approximate surface area is 167 Å². The van der Waals surface area contributed by atoms with E-state index < -0.39 is 0 Å². The quantitative estimate of drug-likeness (QED) is 0.587. The van der Waals surface area contributed by atoms with Crippen LogP contribution >= 0.6 is 11.8 Å². The minimum Gasteiger partial charge on any atom is -0.482 e. The summed E-state index contributed by atoms with van der Waals surface area (Å²) < 4.78 is 11.4.